The standard InChI is InChI=1S/C23H23FN2O5S/c1-4-14(2)31-18-10-5-15(11-19(18)30-3)12-20-22(28)26(23(29)32-20)13-21(27)25-17-8-6-16(24)7-9-17/h5-12,14H,4,13H2,1-3H3,(H,25,27)/b20-12-/t14-/m0/s1. The molecule has 1 N–H and O–H groups in total. The molecule has 168 valence electrons. The first-order valence-corrected chi connectivity index (χ1v) is 10.8. The number of anilines is 1. The van der Waals surface area contributed by atoms with Crippen LogP contribution >= 0.6 is 11.8 Å². The number of methoxy groups -OCH3 is 1. The number of carbonyl (C=O) groups is 3. The van der Waals surface area contributed by atoms with E-state index in [0.717, 1.165) is 23.1 Å². The number of rotatable bonds is 8. The van der Waals surface area contributed by atoms with E-state index in [9.17, 15) is 18.8 Å². The third-order valence-electron chi connectivity index (χ3n) is 4.69. The molecule has 1 heterocycles. The highest BCUT2D eigenvalue weighted by Gasteiger charge is 2.36. The number of hydrogen-bond acceptors (Lipinski definition) is 6. The quantitative estimate of drug-likeness (QED) is 0.578. The van der Waals surface area contributed by atoms with Crippen molar-refractivity contribution in [3.8, 4) is 11.5 Å². The normalized spacial score (nSPS) is 15.8. The molecule has 1 atom stereocenters. The Hall–Kier alpha value is -3.33. The summed E-state index contributed by atoms with van der Waals surface area (Å²) in [6.07, 6.45) is 2.43. The Bertz CT molecular complexity index is 1050. The van der Waals surface area contributed by atoms with Gasteiger partial charge in [0.25, 0.3) is 11.1 Å². The second-order valence-corrected chi connectivity index (χ2v) is 8.06. The highest BCUT2D eigenvalue weighted by atomic mass is 32.2. The molecular formula is C23H23FN2O5S. The van der Waals surface area contributed by atoms with Gasteiger partial charge in [-0.3, -0.25) is 19.3 Å². The van der Waals surface area contributed by atoms with E-state index in [2.05, 4.69) is 5.32 Å². The Balaban J connectivity index is 1.70. The molecule has 1 saturated heterocycles. The lowest BCUT2D eigenvalue weighted by molar-refractivity contribution is -0.127. The van der Waals surface area contributed by atoms with Gasteiger partial charge in [0.2, 0.25) is 5.91 Å². The van der Waals surface area contributed by atoms with E-state index < -0.39 is 29.4 Å². The summed E-state index contributed by atoms with van der Waals surface area (Å²) in [6.45, 7) is 3.53. The summed E-state index contributed by atoms with van der Waals surface area (Å²) < 4.78 is 24.2. The summed E-state index contributed by atoms with van der Waals surface area (Å²) in [6, 6.07) is 10.4. The molecule has 9 heteroatoms. The molecular weight excluding hydrogens is 435 g/mol. The van der Waals surface area contributed by atoms with Crippen LogP contribution in [0.1, 0.15) is 25.8 Å². The fraction of sp³-hybridized carbons (Fsp3) is 0.261. The van der Waals surface area contributed by atoms with Crippen LogP contribution in [0.4, 0.5) is 14.9 Å². The van der Waals surface area contributed by atoms with Crippen molar-refractivity contribution in [1.29, 1.82) is 0 Å². The summed E-state index contributed by atoms with van der Waals surface area (Å²) in [7, 11) is 1.52. The minimum absolute atomic E-state index is 0.0207. The first kappa shape index (κ1) is 23.3. The van der Waals surface area contributed by atoms with E-state index in [1.165, 1.54) is 31.4 Å². The van der Waals surface area contributed by atoms with Crippen LogP contribution < -0.4 is 14.8 Å². The molecule has 2 aromatic rings. The van der Waals surface area contributed by atoms with Crippen molar-refractivity contribution < 1.29 is 28.2 Å². The second kappa shape index (κ2) is 10.3. The van der Waals surface area contributed by atoms with Crippen LogP contribution in [0.25, 0.3) is 6.08 Å². The van der Waals surface area contributed by atoms with Gasteiger partial charge in [-0.05, 0) is 73.1 Å². The lowest BCUT2D eigenvalue weighted by Crippen LogP contribution is -2.36. The van der Waals surface area contributed by atoms with Gasteiger partial charge in [0.15, 0.2) is 11.5 Å². The number of halogens is 1. The Kier molecular flexibility index (Phi) is 7.53. The van der Waals surface area contributed by atoms with Gasteiger partial charge < -0.3 is 14.8 Å². The summed E-state index contributed by atoms with van der Waals surface area (Å²) in [5.74, 6) is -0.460. The van der Waals surface area contributed by atoms with Crippen molar-refractivity contribution >= 4 is 40.6 Å². The lowest BCUT2D eigenvalue weighted by atomic mass is 10.1. The van der Waals surface area contributed by atoms with Crippen molar-refractivity contribution in [2.75, 3.05) is 19.0 Å². The van der Waals surface area contributed by atoms with Crippen LogP contribution in [0.15, 0.2) is 47.4 Å². The number of hydrogen-bond donors (Lipinski definition) is 1. The van der Waals surface area contributed by atoms with E-state index in [1.54, 1.807) is 24.3 Å². The van der Waals surface area contributed by atoms with E-state index in [4.69, 9.17) is 9.47 Å². The molecule has 0 unspecified atom stereocenters. The molecule has 7 nitrogen and oxygen atoms in total. The van der Waals surface area contributed by atoms with Crippen molar-refractivity contribution in [3.05, 3.63) is 58.8 Å². The van der Waals surface area contributed by atoms with Gasteiger partial charge in [-0.2, -0.15) is 0 Å². The number of nitrogens with zero attached hydrogens (tertiary/aromatic N) is 1. The third kappa shape index (κ3) is 5.67. The summed E-state index contributed by atoms with van der Waals surface area (Å²) in [4.78, 5) is 38.3. The molecule has 0 spiro atoms. The monoisotopic (exact) mass is 458 g/mol. The van der Waals surface area contributed by atoms with Gasteiger partial charge in [0.05, 0.1) is 18.1 Å². The number of carbonyl (C=O) groups excluding carboxylic acids is 3. The Morgan fingerprint density at radius 2 is 1.91 bits per heavy atom. The maximum absolute atomic E-state index is 13.0. The van der Waals surface area contributed by atoms with Crippen LogP contribution in [0, 0.1) is 5.82 Å². The summed E-state index contributed by atoms with van der Waals surface area (Å²) in [5, 5.41) is 1.99. The van der Waals surface area contributed by atoms with Crippen LogP contribution in [0.3, 0.4) is 0 Å². The molecule has 0 saturated carbocycles. The topological polar surface area (TPSA) is 84.9 Å². The number of nitrogens with one attached hydrogen (secondary N) is 1. The van der Waals surface area contributed by atoms with Crippen molar-refractivity contribution in [2.24, 2.45) is 0 Å². The molecule has 32 heavy (non-hydrogen) atoms. The fourth-order valence-corrected chi connectivity index (χ4v) is 3.67. The molecule has 1 aliphatic rings. The molecule has 0 bridgehead atoms. The predicted octanol–water partition coefficient (Wildman–Crippen LogP) is 4.69. The van der Waals surface area contributed by atoms with Gasteiger partial charge in [-0.15, -0.1) is 0 Å². The zero-order chi connectivity index (χ0) is 23.3. The molecule has 3 amide bonds. The van der Waals surface area contributed by atoms with Crippen LogP contribution in [0.2, 0.25) is 0 Å². The van der Waals surface area contributed by atoms with Gasteiger partial charge in [0.1, 0.15) is 12.4 Å². The smallest absolute Gasteiger partial charge is 0.294 e. The second-order valence-electron chi connectivity index (χ2n) is 7.07. The van der Waals surface area contributed by atoms with Crippen LogP contribution in [0.5, 0.6) is 11.5 Å². The van der Waals surface area contributed by atoms with Crippen molar-refractivity contribution in [3.63, 3.8) is 0 Å². The summed E-state index contributed by atoms with van der Waals surface area (Å²) >= 11 is 0.756. The van der Waals surface area contributed by atoms with Crippen LogP contribution in [-0.2, 0) is 9.59 Å². The predicted molar refractivity (Wildman–Crippen MR) is 121 cm³/mol. The average molecular weight is 459 g/mol. The maximum Gasteiger partial charge on any atom is 0.294 e. The van der Waals surface area contributed by atoms with Crippen molar-refractivity contribution in [2.45, 2.75) is 26.4 Å². The van der Waals surface area contributed by atoms with Gasteiger partial charge in [-0.1, -0.05) is 13.0 Å². The highest BCUT2D eigenvalue weighted by Crippen LogP contribution is 2.35. The Morgan fingerprint density at radius 3 is 2.56 bits per heavy atom. The number of amides is 3. The number of ether oxygens (including phenoxy) is 2. The minimum atomic E-state index is -0.562. The Labute approximate surface area is 189 Å². The molecule has 0 radical (unpaired) electrons. The van der Waals surface area contributed by atoms with E-state index in [1.807, 2.05) is 13.8 Å². The van der Waals surface area contributed by atoms with Crippen molar-refractivity contribution in [1.82, 2.24) is 4.90 Å². The van der Waals surface area contributed by atoms with E-state index in [0.29, 0.717) is 22.7 Å². The Morgan fingerprint density at radius 1 is 1.19 bits per heavy atom. The molecule has 0 aromatic heterocycles. The first-order chi connectivity index (χ1) is 15.3. The highest BCUT2D eigenvalue weighted by molar-refractivity contribution is 8.18. The average Bonchev–Trinajstić information content (AvgIpc) is 3.03. The maximum atomic E-state index is 13.0. The summed E-state index contributed by atoms with van der Waals surface area (Å²) in [5.41, 5.74) is 1.02. The molecule has 1 fully saturated rings. The zero-order valence-electron chi connectivity index (χ0n) is 17.9. The number of thioether (sulfide) groups is 1. The largest absolute Gasteiger partial charge is 0.493 e. The zero-order valence-corrected chi connectivity index (χ0v) is 18.7. The molecule has 3 rings (SSSR count). The van der Waals surface area contributed by atoms with Gasteiger partial charge in [-0.25, -0.2) is 4.39 Å². The molecule has 2 aromatic carbocycles. The van der Waals surface area contributed by atoms with Gasteiger partial charge in [0, 0.05) is 5.69 Å². The fourth-order valence-electron chi connectivity index (χ4n) is 2.84. The SMILES string of the molecule is CC[C@H](C)Oc1ccc(/C=C2\SC(=O)N(CC(=O)Nc3ccc(F)cc3)C2=O)cc1OC. The first-order valence-electron chi connectivity index (χ1n) is 9.96. The molecule has 1 aliphatic heterocycles. The number of benzene rings is 2. The van der Waals surface area contributed by atoms with E-state index in [-0.39, 0.29) is 11.0 Å². The molecule has 0 aliphatic carbocycles. The number of imide groups is 1. The third-order valence-corrected chi connectivity index (χ3v) is 5.60. The van der Waals surface area contributed by atoms with Crippen LogP contribution in [-0.4, -0.2) is 41.7 Å². The lowest BCUT2D eigenvalue weighted by Gasteiger charge is -2.15. The van der Waals surface area contributed by atoms with Gasteiger partial charge >= 0.3 is 0 Å². The van der Waals surface area contributed by atoms with E-state index >= 15 is 0 Å². The minimum Gasteiger partial charge on any atom is -0.493 e.